The highest BCUT2D eigenvalue weighted by Crippen LogP contribution is 2.27. The molecule has 1 saturated heterocycles. The van der Waals surface area contributed by atoms with E-state index in [0.717, 1.165) is 47.2 Å². The Hall–Kier alpha value is -3.87. The molecule has 1 aliphatic heterocycles. The summed E-state index contributed by atoms with van der Waals surface area (Å²) in [6.45, 7) is 7.04. The molecule has 162 valence electrons. The van der Waals surface area contributed by atoms with E-state index in [2.05, 4.69) is 16.8 Å². The van der Waals surface area contributed by atoms with Gasteiger partial charge in [0.15, 0.2) is 5.82 Å². The molecule has 0 spiro atoms. The van der Waals surface area contributed by atoms with Crippen LogP contribution in [-0.4, -0.2) is 56.3 Å². The van der Waals surface area contributed by atoms with Gasteiger partial charge in [-0.1, -0.05) is 6.07 Å². The minimum atomic E-state index is 0.0846. The summed E-state index contributed by atoms with van der Waals surface area (Å²) >= 11 is 0. The minimum absolute atomic E-state index is 0.0846. The van der Waals surface area contributed by atoms with E-state index in [9.17, 15) is 4.79 Å². The topological polar surface area (TPSA) is 59.2 Å². The first kappa shape index (κ1) is 20.1. The second-order valence-electron chi connectivity index (χ2n) is 8.04. The van der Waals surface area contributed by atoms with Crippen LogP contribution >= 0.6 is 0 Å². The number of nitrogens with zero attached hydrogens (tertiary/aromatic N) is 6. The largest absolute Gasteiger partial charge is 0.365 e. The zero-order chi connectivity index (χ0) is 22.1. The molecule has 1 aliphatic rings. The third kappa shape index (κ3) is 3.66. The number of carbonyl (C=O) groups is 1. The van der Waals surface area contributed by atoms with Crippen LogP contribution < -0.4 is 4.90 Å². The Morgan fingerprint density at radius 1 is 0.875 bits per heavy atom. The summed E-state index contributed by atoms with van der Waals surface area (Å²) in [6.07, 6.45) is 5.77. The Morgan fingerprint density at radius 3 is 2.25 bits per heavy atom. The minimum Gasteiger partial charge on any atom is -0.365 e. The van der Waals surface area contributed by atoms with Crippen molar-refractivity contribution in [3.05, 3.63) is 90.1 Å². The average Bonchev–Trinajstić information content (AvgIpc) is 3.48. The van der Waals surface area contributed by atoms with E-state index in [4.69, 9.17) is 5.10 Å². The van der Waals surface area contributed by atoms with Gasteiger partial charge in [0, 0.05) is 56.0 Å². The molecule has 7 nitrogen and oxygen atoms in total. The summed E-state index contributed by atoms with van der Waals surface area (Å²) in [6, 6.07) is 17.6. The predicted molar refractivity (Wildman–Crippen MR) is 125 cm³/mol. The molecule has 32 heavy (non-hydrogen) atoms. The fourth-order valence-electron chi connectivity index (χ4n) is 4.39. The summed E-state index contributed by atoms with van der Waals surface area (Å²) in [5.41, 5.74) is 4.96. The van der Waals surface area contributed by atoms with Gasteiger partial charge in [0.25, 0.3) is 5.91 Å². The summed E-state index contributed by atoms with van der Waals surface area (Å²) in [4.78, 5) is 21.7. The number of amides is 1. The number of pyridine rings is 1. The first-order valence-electron chi connectivity index (χ1n) is 10.9. The van der Waals surface area contributed by atoms with Crippen LogP contribution in [0.5, 0.6) is 0 Å². The van der Waals surface area contributed by atoms with Crippen LogP contribution in [0.25, 0.3) is 11.5 Å². The van der Waals surface area contributed by atoms with Gasteiger partial charge in [0.2, 0.25) is 0 Å². The van der Waals surface area contributed by atoms with E-state index in [0.29, 0.717) is 13.1 Å². The number of hydrogen-bond acceptors (Lipinski definition) is 4. The Labute approximate surface area is 187 Å². The molecule has 1 fully saturated rings. The molecule has 4 heterocycles. The van der Waals surface area contributed by atoms with Crippen LogP contribution in [0.2, 0.25) is 0 Å². The predicted octanol–water partition coefficient (Wildman–Crippen LogP) is 3.64. The molecule has 0 bridgehead atoms. The maximum absolute atomic E-state index is 13.0. The van der Waals surface area contributed by atoms with Crippen molar-refractivity contribution >= 4 is 11.6 Å². The lowest BCUT2D eigenvalue weighted by Gasteiger charge is -2.36. The van der Waals surface area contributed by atoms with Crippen molar-refractivity contribution in [1.82, 2.24) is 24.2 Å². The van der Waals surface area contributed by atoms with Gasteiger partial charge in [-0.2, -0.15) is 5.10 Å². The highest BCUT2D eigenvalue weighted by molar-refractivity contribution is 5.94. The van der Waals surface area contributed by atoms with Crippen LogP contribution in [0.4, 0.5) is 5.69 Å². The van der Waals surface area contributed by atoms with Gasteiger partial charge >= 0.3 is 0 Å². The molecule has 0 aliphatic carbocycles. The zero-order valence-corrected chi connectivity index (χ0v) is 18.3. The van der Waals surface area contributed by atoms with Crippen LogP contribution in [-0.2, 0) is 0 Å². The maximum atomic E-state index is 13.0. The Balaban J connectivity index is 1.27. The van der Waals surface area contributed by atoms with Crippen LogP contribution in [0.15, 0.2) is 73.2 Å². The van der Waals surface area contributed by atoms with Gasteiger partial charge in [-0.15, -0.1) is 0 Å². The van der Waals surface area contributed by atoms with Gasteiger partial charge in [-0.3, -0.25) is 4.79 Å². The van der Waals surface area contributed by atoms with Crippen LogP contribution in [0.1, 0.15) is 21.7 Å². The van der Waals surface area contributed by atoms with E-state index in [-0.39, 0.29) is 5.91 Å². The molecular formula is C25H26N6O. The van der Waals surface area contributed by atoms with Gasteiger partial charge in [-0.05, 0) is 62.4 Å². The summed E-state index contributed by atoms with van der Waals surface area (Å²) in [5, 5.41) is 4.72. The van der Waals surface area contributed by atoms with Crippen molar-refractivity contribution < 1.29 is 4.79 Å². The highest BCUT2D eigenvalue weighted by atomic mass is 16.2. The van der Waals surface area contributed by atoms with E-state index >= 15 is 0 Å². The lowest BCUT2D eigenvalue weighted by atomic mass is 10.1. The fraction of sp³-hybridized carbons (Fsp3) is 0.240. The van der Waals surface area contributed by atoms with Crippen LogP contribution in [0.3, 0.4) is 0 Å². The molecule has 5 rings (SSSR count). The first-order chi connectivity index (χ1) is 15.6. The number of piperazine rings is 1. The number of hydrogen-bond donors (Lipinski definition) is 0. The first-order valence-corrected chi connectivity index (χ1v) is 10.9. The van der Waals surface area contributed by atoms with Crippen molar-refractivity contribution in [3.63, 3.8) is 0 Å². The second kappa shape index (κ2) is 8.34. The lowest BCUT2D eigenvalue weighted by Crippen LogP contribution is -2.49. The fourth-order valence-corrected chi connectivity index (χ4v) is 4.39. The van der Waals surface area contributed by atoms with E-state index in [1.807, 2.05) is 88.1 Å². The number of anilines is 1. The molecule has 0 N–H and O–H groups in total. The number of rotatable bonds is 4. The number of aromatic nitrogens is 4. The number of aryl methyl sites for hydroxylation is 1. The monoisotopic (exact) mass is 426 g/mol. The van der Waals surface area contributed by atoms with E-state index in [1.54, 1.807) is 6.20 Å². The molecule has 0 radical (unpaired) electrons. The van der Waals surface area contributed by atoms with Crippen molar-refractivity contribution in [2.45, 2.75) is 13.8 Å². The average molecular weight is 427 g/mol. The summed E-state index contributed by atoms with van der Waals surface area (Å²) in [5.74, 6) is 0.901. The van der Waals surface area contributed by atoms with Crippen LogP contribution in [0, 0.1) is 13.8 Å². The van der Waals surface area contributed by atoms with Gasteiger partial charge < -0.3 is 14.4 Å². The molecule has 1 amide bonds. The smallest absolute Gasteiger partial charge is 0.253 e. The SMILES string of the molecule is Cc1nn(-c2ccccn2)c(C)c1N1CCN(C(=O)c2ccc(-n3cccc3)cc2)CC1. The third-order valence-corrected chi connectivity index (χ3v) is 6.02. The molecule has 7 heteroatoms. The van der Waals surface area contributed by atoms with Crippen molar-refractivity contribution in [2.75, 3.05) is 31.1 Å². The normalized spacial score (nSPS) is 14.1. The summed E-state index contributed by atoms with van der Waals surface area (Å²) < 4.78 is 3.93. The third-order valence-electron chi connectivity index (χ3n) is 6.02. The molecule has 0 saturated carbocycles. The number of carbonyl (C=O) groups excluding carboxylic acids is 1. The highest BCUT2D eigenvalue weighted by Gasteiger charge is 2.26. The molecule has 4 aromatic rings. The number of benzene rings is 1. The van der Waals surface area contributed by atoms with Crippen molar-refractivity contribution in [3.8, 4) is 11.5 Å². The molecule has 3 aromatic heterocycles. The van der Waals surface area contributed by atoms with Crippen molar-refractivity contribution in [1.29, 1.82) is 0 Å². The Bertz CT molecular complexity index is 1200. The van der Waals surface area contributed by atoms with Gasteiger partial charge in [0.1, 0.15) is 0 Å². The second-order valence-corrected chi connectivity index (χ2v) is 8.04. The standard InChI is InChI=1S/C25H26N6O/c1-19-24(20(2)31(27-19)23-7-3-4-12-26-23)29-15-17-30(18-16-29)25(32)21-8-10-22(11-9-21)28-13-5-6-14-28/h3-14H,15-18H2,1-2H3. The van der Waals surface area contributed by atoms with Crippen molar-refractivity contribution in [2.24, 2.45) is 0 Å². The molecular weight excluding hydrogens is 400 g/mol. The molecule has 0 atom stereocenters. The van der Waals surface area contributed by atoms with E-state index < -0.39 is 0 Å². The van der Waals surface area contributed by atoms with Gasteiger partial charge in [-0.25, -0.2) is 9.67 Å². The van der Waals surface area contributed by atoms with E-state index in [1.165, 1.54) is 0 Å². The molecule has 0 unspecified atom stereocenters. The maximum Gasteiger partial charge on any atom is 0.253 e. The summed E-state index contributed by atoms with van der Waals surface area (Å²) in [7, 11) is 0. The Morgan fingerprint density at radius 2 is 1.59 bits per heavy atom. The lowest BCUT2D eigenvalue weighted by molar-refractivity contribution is 0.0747. The zero-order valence-electron chi connectivity index (χ0n) is 18.3. The molecule has 1 aromatic carbocycles. The van der Waals surface area contributed by atoms with Gasteiger partial charge in [0.05, 0.1) is 17.1 Å². The quantitative estimate of drug-likeness (QED) is 0.500. The Kier molecular flexibility index (Phi) is 5.23.